The molecule has 0 aliphatic rings. The lowest BCUT2D eigenvalue weighted by Crippen LogP contribution is -2.43. The Morgan fingerprint density at radius 2 is 1.90 bits per heavy atom. The fraction of sp³-hybridized carbons (Fsp3) is 0.533. The Morgan fingerprint density at radius 1 is 1.33 bits per heavy atom. The molecule has 2 N–H and O–H groups in total. The van der Waals surface area contributed by atoms with Crippen molar-refractivity contribution in [3.63, 3.8) is 0 Å². The minimum atomic E-state index is -1.90. The van der Waals surface area contributed by atoms with Crippen molar-refractivity contribution in [2.24, 2.45) is 5.73 Å². The van der Waals surface area contributed by atoms with Crippen molar-refractivity contribution in [2.75, 3.05) is 7.11 Å². The number of methoxy groups -OCH3 is 1. The Labute approximate surface area is 136 Å². The zero-order valence-corrected chi connectivity index (χ0v) is 16.1. The summed E-state index contributed by atoms with van der Waals surface area (Å²) in [7, 11) is -0.578. The van der Waals surface area contributed by atoms with Gasteiger partial charge in [-0.25, -0.2) is 0 Å². The van der Waals surface area contributed by atoms with E-state index in [2.05, 4.69) is 54.5 Å². The normalized spacial score (nSPS) is 13.7. The van der Waals surface area contributed by atoms with E-state index >= 15 is 0 Å². The van der Waals surface area contributed by atoms with Crippen molar-refractivity contribution in [1.29, 1.82) is 0 Å². The van der Waals surface area contributed by atoms with Crippen LogP contribution in [0.25, 0.3) is 0 Å². The molecule has 0 aromatic heterocycles. The number of nitrogens with two attached hydrogens (primary N) is 1. The third-order valence-electron chi connectivity index (χ3n) is 3.94. The van der Waals surface area contributed by atoms with E-state index in [1.54, 1.807) is 6.07 Å². The third-order valence-corrected chi connectivity index (χ3v) is 8.90. The van der Waals surface area contributed by atoms with Gasteiger partial charge in [0.25, 0.3) is 8.32 Å². The standard InChI is InChI=1S/C15H24BrNO3Si/c1-15(2,3)21(5,6)20-12-8-7-10(9-11(12)16)13(17)14(18)19-4/h7-9,13H,17H2,1-6H3. The van der Waals surface area contributed by atoms with Crippen molar-refractivity contribution >= 4 is 30.2 Å². The summed E-state index contributed by atoms with van der Waals surface area (Å²) in [6.07, 6.45) is 0. The molecule has 4 nitrogen and oxygen atoms in total. The average molecular weight is 374 g/mol. The van der Waals surface area contributed by atoms with Crippen LogP contribution in [0.5, 0.6) is 5.75 Å². The zero-order chi connectivity index (χ0) is 16.4. The van der Waals surface area contributed by atoms with Gasteiger partial charge in [-0.15, -0.1) is 0 Å². The number of ether oxygens (including phenoxy) is 1. The van der Waals surface area contributed by atoms with E-state index in [-0.39, 0.29) is 5.04 Å². The first-order valence-electron chi connectivity index (χ1n) is 6.81. The number of benzene rings is 1. The molecule has 1 unspecified atom stereocenters. The number of carbonyl (C=O) groups excluding carboxylic acids is 1. The van der Waals surface area contributed by atoms with Crippen molar-refractivity contribution in [3.8, 4) is 5.75 Å². The lowest BCUT2D eigenvalue weighted by atomic mass is 10.1. The van der Waals surface area contributed by atoms with Crippen LogP contribution >= 0.6 is 15.9 Å². The summed E-state index contributed by atoms with van der Waals surface area (Å²) >= 11 is 3.50. The SMILES string of the molecule is COC(=O)C(N)c1ccc(O[Si](C)(C)C(C)(C)C)c(Br)c1. The summed E-state index contributed by atoms with van der Waals surface area (Å²) in [5.74, 6) is 0.322. The van der Waals surface area contributed by atoms with E-state index < -0.39 is 20.3 Å². The molecule has 0 saturated carbocycles. The Kier molecular flexibility index (Phi) is 5.63. The molecule has 0 fully saturated rings. The molecule has 0 aliphatic heterocycles. The molecule has 0 saturated heterocycles. The van der Waals surface area contributed by atoms with E-state index in [9.17, 15) is 4.79 Å². The highest BCUT2D eigenvalue weighted by Crippen LogP contribution is 2.39. The van der Waals surface area contributed by atoms with Gasteiger partial charge in [0.1, 0.15) is 11.8 Å². The highest BCUT2D eigenvalue weighted by Gasteiger charge is 2.39. The summed E-state index contributed by atoms with van der Waals surface area (Å²) in [5.41, 5.74) is 6.53. The van der Waals surface area contributed by atoms with Gasteiger partial charge in [-0.2, -0.15) is 0 Å². The first-order chi connectivity index (χ1) is 9.49. The fourth-order valence-electron chi connectivity index (χ4n) is 1.48. The maximum absolute atomic E-state index is 11.5. The van der Waals surface area contributed by atoms with Crippen molar-refractivity contribution < 1.29 is 14.0 Å². The molecule has 1 aromatic rings. The van der Waals surface area contributed by atoms with Crippen LogP contribution in [0.4, 0.5) is 0 Å². The van der Waals surface area contributed by atoms with Crippen LogP contribution in [0.15, 0.2) is 22.7 Å². The van der Waals surface area contributed by atoms with Crippen molar-refractivity contribution in [3.05, 3.63) is 28.2 Å². The van der Waals surface area contributed by atoms with Crippen LogP contribution in [-0.4, -0.2) is 21.4 Å². The molecular formula is C15H24BrNO3Si. The third kappa shape index (κ3) is 4.31. The zero-order valence-electron chi connectivity index (χ0n) is 13.5. The number of esters is 1. The van der Waals surface area contributed by atoms with Gasteiger partial charge in [-0.3, -0.25) is 4.79 Å². The maximum atomic E-state index is 11.5. The Bertz CT molecular complexity index is 526. The second-order valence-electron chi connectivity index (χ2n) is 6.55. The van der Waals surface area contributed by atoms with Gasteiger partial charge < -0.3 is 14.9 Å². The first-order valence-corrected chi connectivity index (χ1v) is 10.5. The summed E-state index contributed by atoms with van der Waals surface area (Å²) in [5, 5.41) is 0.119. The topological polar surface area (TPSA) is 61.5 Å². The van der Waals surface area contributed by atoms with E-state index in [4.69, 9.17) is 10.2 Å². The maximum Gasteiger partial charge on any atom is 0.327 e. The van der Waals surface area contributed by atoms with Crippen LogP contribution in [0.1, 0.15) is 32.4 Å². The highest BCUT2D eigenvalue weighted by atomic mass is 79.9. The molecule has 0 radical (unpaired) electrons. The number of carbonyl (C=O) groups is 1. The average Bonchev–Trinajstić information content (AvgIpc) is 2.37. The molecule has 6 heteroatoms. The number of rotatable bonds is 4. The number of hydrogen-bond donors (Lipinski definition) is 1. The van der Waals surface area contributed by atoms with Gasteiger partial charge in [-0.1, -0.05) is 26.8 Å². The summed E-state index contributed by atoms with van der Waals surface area (Å²) in [6.45, 7) is 10.9. The molecule has 21 heavy (non-hydrogen) atoms. The highest BCUT2D eigenvalue weighted by molar-refractivity contribution is 9.10. The van der Waals surface area contributed by atoms with Gasteiger partial charge in [0, 0.05) is 0 Å². The molecule has 1 rings (SSSR count). The van der Waals surface area contributed by atoms with Crippen LogP contribution in [0.2, 0.25) is 18.1 Å². The lowest BCUT2D eigenvalue weighted by molar-refractivity contribution is -0.142. The van der Waals surface area contributed by atoms with Crippen LogP contribution in [-0.2, 0) is 9.53 Å². The van der Waals surface area contributed by atoms with Gasteiger partial charge in [0.2, 0.25) is 0 Å². The predicted octanol–water partition coefficient (Wildman–Crippen LogP) is 4.01. The summed E-state index contributed by atoms with van der Waals surface area (Å²) in [6, 6.07) is 4.68. The molecule has 1 atom stereocenters. The Hall–Kier alpha value is -0.853. The van der Waals surface area contributed by atoms with Gasteiger partial charge in [0.15, 0.2) is 0 Å². The lowest BCUT2D eigenvalue weighted by Gasteiger charge is -2.36. The van der Waals surface area contributed by atoms with E-state index in [1.165, 1.54) is 7.11 Å². The molecule has 1 aromatic carbocycles. The minimum Gasteiger partial charge on any atom is -0.543 e. The van der Waals surface area contributed by atoms with Gasteiger partial charge >= 0.3 is 5.97 Å². The molecule has 0 heterocycles. The minimum absolute atomic E-state index is 0.119. The van der Waals surface area contributed by atoms with Gasteiger partial charge in [0.05, 0.1) is 11.6 Å². The predicted molar refractivity (Wildman–Crippen MR) is 90.9 cm³/mol. The number of halogens is 1. The van der Waals surface area contributed by atoms with E-state index in [0.717, 1.165) is 10.2 Å². The largest absolute Gasteiger partial charge is 0.543 e. The molecule has 0 aliphatic carbocycles. The molecule has 0 bridgehead atoms. The number of hydrogen-bond acceptors (Lipinski definition) is 4. The van der Waals surface area contributed by atoms with Crippen molar-refractivity contribution in [1.82, 2.24) is 0 Å². The smallest absolute Gasteiger partial charge is 0.327 e. The molecule has 0 spiro atoms. The summed E-state index contributed by atoms with van der Waals surface area (Å²) < 4.78 is 11.7. The Balaban J connectivity index is 3.02. The van der Waals surface area contributed by atoms with E-state index in [0.29, 0.717) is 5.56 Å². The van der Waals surface area contributed by atoms with Gasteiger partial charge in [-0.05, 0) is 51.8 Å². The second-order valence-corrected chi connectivity index (χ2v) is 12.1. The Morgan fingerprint density at radius 3 is 2.33 bits per heavy atom. The van der Waals surface area contributed by atoms with Crippen LogP contribution < -0.4 is 10.2 Å². The summed E-state index contributed by atoms with van der Waals surface area (Å²) in [4.78, 5) is 11.5. The molecule has 118 valence electrons. The fourth-order valence-corrected chi connectivity index (χ4v) is 3.15. The molecule has 0 amide bonds. The van der Waals surface area contributed by atoms with Crippen LogP contribution in [0, 0.1) is 0 Å². The first kappa shape index (κ1) is 18.2. The van der Waals surface area contributed by atoms with E-state index in [1.807, 2.05) is 12.1 Å². The molecular weight excluding hydrogens is 350 g/mol. The monoisotopic (exact) mass is 373 g/mol. The van der Waals surface area contributed by atoms with Crippen molar-refractivity contribution in [2.45, 2.75) is 44.9 Å². The van der Waals surface area contributed by atoms with Crippen LogP contribution in [0.3, 0.4) is 0 Å². The quantitative estimate of drug-likeness (QED) is 0.639. The second kappa shape index (κ2) is 6.50.